The molecule has 0 spiro atoms. The zero-order chi connectivity index (χ0) is 13.0. The summed E-state index contributed by atoms with van der Waals surface area (Å²) in [7, 11) is 0. The van der Waals surface area contributed by atoms with Gasteiger partial charge < -0.3 is 10.2 Å². The molecule has 1 fully saturated rings. The normalized spacial score (nSPS) is 24.4. The molecule has 0 aromatic heterocycles. The van der Waals surface area contributed by atoms with Crippen molar-refractivity contribution in [2.45, 2.75) is 31.8 Å². The molecule has 1 aliphatic rings. The summed E-state index contributed by atoms with van der Waals surface area (Å²) in [6, 6.07) is 10.8. The molecule has 0 radical (unpaired) electrons. The van der Waals surface area contributed by atoms with E-state index in [0.29, 0.717) is 12.5 Å². The minimum Gasteiger partial charge on any atom is -0.366 e. The zero-order valence-corrected chi connectivity index (χ0v) is 11.3. The average Bonchev–Trinajstić information content (AvgIpc) is 2.53. The molecule has 1 aromatic carbocycles. The van der Waals surface area contributed by atoms with Crippen LogP contribution in [0.1, 0.15) is 19.8 Å². The number of nitrogens with zero attached hydrogens (tertiary/aromatic N) is 2. The van der Waals surface area contributed by atoms with Gasteiger partial charge in [0, 0.05) is 18.6 Å². The van der Waals surface area contributed by atoms with E-state index in [-0.39, 0.29) is 6.04 Å². The molecular weight excluding hydrogens is 246 g/mol. The third kappa shape index (κ3) is 2.95. The Morgan fingerprint density at radius 1 is 1.50 bits per heavy atom. The molecule has 2 rings (SSSR count). The van der Waals surface area contributed by atoms with Gasteiger partial charge in [0.2, 0.25) is 0 Å². The second kappa shape index (κ2) is 6.08. The van der Waals surface area contributed by atoms with Crippen LogP contribution in [0.4, 0.5) is 5.69 Å². The molecule has 1 aromatic rings. The summed E-state index contributed by atoms with van der Waals surface area (Å²) < 4.78 is 0. The number of rotatable bonds is 2. The van der Waals surface area contributed by atoms with Crippen molar-refractivity contribution in [2.24, 2.45) is 0 Å². The molecule has 0 amide bonds. The predicted octanol–water partition coefficient (Wildman–Crippen LogP) is 2.81. The quantitative estimate of drug-likeness (QED) is 0.892. The molecule has 96 valence electrons. The van der Waals surface area contributed by atoms with Gasteiger partial charge in [0.1, 0.15) is 0 Å². The van der Waals surface area contributed by atoms with E-state index < -0.39 is 0 Å². The first-order chi connectivity index (χ1) is 8.72. The summed E-state index contributed by atoms with van der Waals surface area (Å²) in [5.74, 6) is 0. The SMILES string of the molecule is CC1CCNC(CC#N)CN1c1ccccc1Cl. The smallest absolute Gasteiger partial charge is 0.0639 e. The van der Waals surface area contributed by atoms with E-state index in [1.807, 2.05) is 24.3 Å². The van der Waals surface area contributed by atoms with Crippen LogP contribution >= 0.6 is 11.6 Å². The minimum absolute atomic E-state index is 0.219. The van der Waals surface area contributed by atoms with Gasteiger partial charge in [-0.25, -0.2) is 0 Å². The molecule has 1 aliphatic heterocycles. The first-order valence-electron chi connectivity index (χ1n) is 6.34. The Bertz CT molecular complexity index is 441. The van der Waals surface area contributed by atoms with Gasteiger partial charge in [-0.3, -0.25) is 0 Å². The Morgan fingerprint density at radius 2 is 2.28 bits per heavy atom. The number of nitrogens with one attached hydrogen (secondary N) is 1. The van der Waals surface area contributed by atoms with E-state index in [4.69, 9.17) is 16.9 Å². The van der Waals surface area contributed by atoms with Gasteiger partial charge in [-0.05, 0) is 32.0 Å². The standard InChI is InChI=1S/C14H18ClN3/c1-11-7-9-17-12(6-8-16)10-18(11)14-5-3-2-4-13(14)15/h2-5,11-12,17H,6-7,9-10H2,1H3. The van der Waals surface area contributed by atoms with Gasteiger partial charge in [0.25, 0.3) is 0 Å². The maximum atomic E-state index is 8.85. The molecule has 3 nitrogen and oxygen atoms in total. The average molecular weight is 264 g/mol. The van der Waals surface area contributed by atoms with E-state index in [1.165, 1.54) is 0 Å². The Labute approximate surface area is 113 Å². The second-order valence-electron chi connectivity index (χ2n) is 4.75. The first kappa shape index (κ1) is 13.2. The molecule has 0 saturated carbocycles. The van der Waals surface area contributed by atoms with Gasteiger partial charge in [-0.2, -0.15) is 5.26 Å². The lowest BCUT2D eigenvalue weighted by Crippen LogP contribution is -2.40. The highest BCUT2D eigenvalue weighted by Crippen LogP contribution is 2.28. The first-order valence-corrected chi connectivity index (χ1v) is 6.71. The highest BCUT2D eigenvalue weighted by Gasteiger charge is 2.24. The Hall–Kier alpha value is -1.24. The third-order valence-corrected chi connectivity index (χ3v) is 3.76. The van der Waals surface area contributed by atoms with Crippen molar-refractivity contribution >= 4 is 17.3 Å². The highest BCUT2D eigenvalue weighted by atomic mass is 35.5. The van der Waals surface area contributed by atoms with Crippen LogP contribution in [0.5, 0.6) is 0 Å². The molecule has 1 saturated heterocycles. The number of halogens is 1. The van der Waals surface area contributed by atoms with Crippen LogP contribution in [-0.2, 0) is 0 Å². The van der Waals surface area contributed by atoms with Crippen molar-refractivity contribution in [3.8, 4) is 6.07 Å². The van der Waals surface area contributed by atoms with Gasteiger partial charge >= 0.3 is 0 Å². The molecule has 1 N–H and O–H groups in total. The fourth-order valence-electron chi connectivity index (χ4n) is 2.40. The van der Waals surface area contributed by atoms with Crippen molar-refractivity contribution in [3.05, 3.63) is 29.3 Å². The van der Waals surface area contributed by atoms with Crippen LogP contribution in [0.15, 0.2) is 24.3 Å². The summed E-state index contributed by atoms with van der Waals surface area (Å²) in [5, 5.41) is 13.1. The zero-order valence-electron chi connectivity index (χ0n) is 10.6. The van der Waals surface area contributed by atoms with Crippen molar-refractivity contribution < 1.29 is 0 Å². The lowest BCUT2D eigenvalue weighted by atomic mass is 10.1. The summed E-state index contributed by atoms with van der Waals surface area (Å²) >= 11 is 6.27. The van der Waals surface area contributed by atoms with Crippen LogP contribution in [0.3, 0.4) is 0 Å². The molecule has 1 heterocycles. The fraction of sp³-hybridized carbons (Fsp3) is 0.500. The number of hydrogen-bond donors (Lipinski definition) is 1. The fourth-order valence-corrected chi connectivity index (χ4v) is 2.65. The van der Waals surface area contributed by atoms with E-state index in [2.05, 4.69) is 23.2 Å². The predicted molar refractivity (Wildman–Crippen MR) is 74.9 cm³/mol. The Morgan fingerprint density at radius 3 is 3.00 bits per heavy atom. The summed E-state index contributed by atoms with van der Waals surface area (Å²) in [6.45, 7) is 3.99. The highest BCUT2D eigenvalue weighted by molar-refractivity contribution is 6.33. The summed E-state index contributed by atoms with van der Waals surface area (Å²) in [4.78, 5) is 2.31. The lowest BCUT2D eigenvalue weighted by molar-refractivity contribution is 0.552. The molecule has 4 heteroatoms. The molecule has 18 heavy (non-hydrogen) atoms. The van der Waals surface area contributed by atoms with E-state index in [1.54, 1.807) is 0 Å². The van der Waals surface area contributed by atoms with Gasteiger partial charge in [0.05, 0.1) is 23.2 Å². The number of hydrogen-bond acceptors (Lipinski definition) is 3. The van der Waals surface area contributed by atoms with E-state index in [9.17, 15) is 0 Å². The molecule has 2 unspecified atom stereocenters. The third-order valence-electron chi connectivity index (χ3n) is 3.44. The van der Waals surface area contributed by atoms with Gasteiger partial charge in [-0.15, -0.1) is 0 Å². The van der Waals surface area contributed by atoms with E-state index in [0.717, 1.165) is 30.2 Å². The topological polar surface area (TPSA) is 39.1 Å². The van der Waals surface area contributed by atoms with Crippen LogP contribution in [0, 0.1) is 11.3 Å². The van der Waals surface area contributed by atoms with Crippen molar-refractivity contribution in [3.63, 3.8) is 0 Å². The van der Waals surface area contributed by atoms with Crippen LogP contribution in [0.25, 0.3) is 0 Å². The van der Waals surface area contributed by atoms with Crippen LogP contribution < -0.4 is 10.2 Å². The van der Waals surface area contributed by atoms with E-state index >= 15 is 0 Å². The number of anilines is 1. The molecule has 2 atom stereocenters. The molecule has 0 aliphatic carbocycles. The monoisotopic (exact) mass is 263 g/mol. The van der Waals surface area contributed by atoms with Crippen molar-refractivity contribution in [1.82, 2.24) is 5.32 Å². The summed E-state index contributed by atoms with van der Waals surface area (Å²) in [5.41, 5.74) is 1.07. The van der Waals surface area contributed by atoms with Crippen LogP contribution in [-0.4, -0.2) is 25.2 Å². The Kier molecular flexibility index (Phi) is 4.46. The molecule has 0 bridgehead atoms. The minimum atomic E-state index is 0.219. The van der Waals surface area contributed by atoms with Crippen molar-refractivity contribution in [1.29, 1.82) is 5.26 Å². The number of nitriles is 1. The maximum Gasteiger partial charge on any atom is 0.0639 e. The van der Waals surface area contributed by atoms with Gasteiger partial charge in [-0.1, -0.05) is 23.7 Å². The van der Waals surface area contributed by atoms with Gasteiger partial charge in [0.15, 0.2) is 0 Å². The Balaban J connectivity index is 2.23. The van der Waals surface area contributed by atoms with Crippen LogP contribution in [0.2, 0.25) is 5.02 Å². The number of benzene rings is 1. The largest absolute Gasteiger partial charge is 0.366 e. The number of para-hydroxylation sites is 1. The lowest BCUT2D eigenvalue weighted by Gasteiger charge is -2.31. The van der Waals surface area contributed by atoms with Crippen molar-refractivity contribution in [2.75, 3.05) is 18.0 Å². The molecular formula is C14H18ClN3. The maximum absolute atomic E-state index is 8.85. The second-order valence-corrected chi connectivity index (χ2v) is 5.16. The summed E-state index contributed by atoms with van der Waals surface area (Å²) in [6.07, 6.45) is 1.60.